The number of hydrogen-bond acceptors (Lipinski definition) is 3. The average molecular weight is 435 g/mol. The van der Waals surface area contributed by atoms with Crippen LogP contribution in [0.15, 0.2) is 18.2 Å². The van der Waals surface area contributed by atoms with Crippen LogP contribution in [0, 0.1) is 5.92 Å². The molecule has 1 aromatic carbocycles. The quantitative estimate of drug-likeness (QED) is 0.721. The van der Waals surface area contributed by atoms with Crippen molar-refractivity contribution < 1.29 is 9.59 Å². The number of nitrogens with zero attached hydrogens (tertiary/aromatic N) is 1. The second-order valence-electron chi connectivity index (χ2n) is 7.15. The molecule has 2 fully saturated rings. The van der Waals surface area contributed by atoms with Crippen LogP contribution in [0.3, 0.4) is 0 Å². The molecule has 3 rings (SSSR count). The lowest BCUT2D eigenvalue weighted by atomic mass is 10.0. The molecule has 3 unspecified atom stereocenters. The van der Waals surface area contributed by atoms with E-state index in [1.165, 1.54) is 0 Å². The van der Waals surface area contributed by atoms with Gasteiger partial charge in [0.2, 0.25) is 11.8 Å². The third-order valence-electron chi connectivity index (χ3n) is 5.30. The minimum Gasteiger partial charge on any atom is -0.354 e. The van der Waals surface area contributed by atoms with Crippen LogP contribution in [0.2, 0.25) is 10.0 Å². The molecule has 1 saturated carbocycles. The summed E-state index contributed by atoms with van der Waals surface area (Å²) in [5.41, 5.74) is 6.48. The fourth-order valence-corrected chi connectivity index (χ4v) is 4.05. The molecule has 3 N–H and O–H groups in total. The summed E-state index contributed by atoms with van der Waals surface area (Å²) in [5, 5.41) is 3.97. The number of likely N-dealkylation sites (tertiary alicyclic amines) is 1. The van der Waals surface area contributed by atoms with Crippen molar-refractivity contribution in [3.05, 3.63) is 33.8 Å². The zero-order valence-corrected chi connectivity index (χ0v) is 17.5. The van der Waals surface area contributed by atoms with E-state index in [-0.39, 0.29) is 42.1 Å². The number of amides is 2. The second kappa shape index (κ2) is 9.97. The van der Waals surface area contributed by atoms with Crippen LogP contribution in [-0.4, -0.2) is 42.4 Å². The van der Waals surface area contributed by atoms with E-state index < -0.39 is 0 Å². The minimum atomic E-state index is -0.0504. The van der Waals surface area contributed by atoms with Crippen molar-refractivity contribution in [1.82, 2.24) is 10.2 Å². The predicted molar refractivity (Wildman–Crippen MR) is 111 cm³/mol. The monoisotopic (exact) mass is 433 g/mol. The van der Waals surface area contributed by atoms with Crippen LogP contribution in [0.4, 0.5) is 0 Å². The molecule has 27 heavy (non-hydrogen) atoms. The maximum Gasteiger partial charge on any atom is 0.226 e. The van der Waals surface area contributed by atoms with Crippen molar-refractivity contribution >= 4 is 47.4 Å². The van der Waals surface area contributed by atoms with E-state index in [2.05, 4.69) is 5.32 Å². The smallest absolute Gasteiger partial charge is 0.226 e. The van der Waals surface area contributed by atoms with Crippen LogP contribution in [0.1, 0.15) is 43.6 Å². The van der Waals surface area contributed by atoms with Crippen LogP contribution in [0.25, 0.3) is 0 Å². The van der Waals surface area contributed by atoms with Crippen LogP contribution in [0.5, 0.6) is 0 Å². The molecule has 0 radical (unpaired) electrons. The van der Waals surface area contributed by atoms with Crippen molar-refractivity contribution in [2.75, 3.05) is 19.6 Å². The van der Waals surface area contributed by atoms with Gasteiger partial charge in [0.05, 0.1) is 10.0 Å². The van der Waals surface area contributed by atoms with Gasteiger partial charge >= 0.3 is 0 Å². The second-order valence-corrected chi connectivity index (χ2v) is 7.96. The largest absolute Gasteiger partial charge is 0.354 e. The number of carbonyl (C=O) groups excluding carboxylic acids is 2. The van der Waals surface area contributed by atoms with Gasteiger partial charge in [-0.1, -0.05) is 29.3 Å². The summed E-state index contributed by atoms with van der Waals surface area (Å²) in [7, 11) is 0. The number of benzene rings is 1. The number of piperidine rings is 1. The van der Waals surface area contributed by atoms with Crippen LogP contribution < -0.4 is 11.1 Å². The lowest BCUT2D eigenvalue weighted by Gasteiger charge is -2.36. The molecule has 3 atom stereocenters. The van der Waals surface area contributed by atoms with Crippen molar-refractivity contribution in [3.8, 4) is 0 Å². The third kappa shape index (κ3) is 5.50. The lowest BCUT2D eigenvalue weighted by Crippen LogP contribution is -2.50. The number of carbonyl (C=O) groups is 2. The SMILES string of the molecule is Cl.NCCC(=O)NCC1CCCCN1C(=O)C1CC1c1ccc(Cl)c(Cl)c1. The van der Waals surface area contributed by atoms with Crippen molar-refractivity contribution in [1.29, 1.82) is 0 Å². The average Bonchev–Trinajstić information content (AvgIpc) is 3.43. The molecule has 8 heteroatoms. The van der Waals surface area contributed by atoms with E-state index in [1.54, 1.807) is 6.07 Å². The van der Waals surface area contributed by atoms with Gasteiger partial charge in [-0.05, 0) is 49.3 Å². The lowest BCUT2D eigenvalue weighted by molar-refractivity contribution is -0.137. The van der Waals surface area contributed by atoms with Crippen LogP contribution >= 0.6 is 35.6 Å². The molecule has 1 aliphatic heterocycles. The highest BCUT2D eigenvalue weighted by Gasteiger charge is 2.47. The van der Waals surface area contributed by atoms with Gasteiger partial charge in [-0.2, -0.15) is 0 Å². The zero-order chi connectivity index (χ0) is 18.7. The van der Waals surface area contributed by atoms with Gasteiger partial charge in [0, 0.05) is 38.0 Å². The molecule has 0 aromatic heterocycles. The first-order valence-corrected chi connectivity index (χ1v) is 9.99. The number of nitrogens with one attached hydrogen (secondary N) is 1. The fraction of sp³-hybridized carbons (Fsp3) is 0.579. The van der Waals surface area contributed by atoms with E-state index in [0.29, 0.717) is 29.6 Å². The van der Waals surface area contributed by atoms with E-state index in [0.717, 1.165) is 37.8 Å². The molecule has 2 aliphatic rings. The van der Waals surface area contributed by atoms with Crippen LogP contribution in [-0.2, 0) is 9.59 Å². The number of halogens is 3. The Kier molecular flexibility index (Phi) is 8.22. The normalized spacial score (nSPS) is 24.1. The molecule has 0 bridgehead atoms. The maximum atomic E-state index is 13.0. The summed E-state index contributed by atoms with van der Waals surface area (Å²) in [5.74, 6) is 0.365. The Bertz CT molecular complexity index is 686. The molecular formula is C19H26Cl3N3O2. The van der Waals surface area contributed by atoms with E-state index in [9.17, 15) is 9.59 Å². The topological polar surface area (TPSA) is 75.4 Å². The summed E-state index contributed by atoms with van der Waals surface area (Å²) in [4.78, 5) is 26.7. The Balaban J connectivity index is 0.00000261. The van der Waals surface area contributed by atoms with Gasteiger partial charge in [0.15, 0.2) is 0 Å². The first kappa shape index (κ1) is 22.3. The summed E-state index contributed by atoms with van der Waals surface area (Å²) in [6.45, 7) is 1.61. The molecule has 150 valence electrons. The Morgan fingerprint density at radius 2 is 2.00 bits per heavy atom. The van der Waals surface area contributed by atoms with E-state index in [1.807, 2.05) is 17.0 Å². The number of nitrogens with two attached hydrogens (primary N) is 1. The van der Waals surface area contributed by atoms with Crippen molar-refractivity contribution in [2.24, 2.45) is 11.7 Å². The van der Waals surface area contributed by atoms with Gasteiger partial charge in [-0.25, -0.2) is 0 Å². The Morgan fingerprint density at radius 1 is 1.22 bits per heavy atom. The summed E-state index contributed by atoms with van der Waals surface area (Å²) in [6, 6.07) is 5.68. The van der Waals surface area contributed by atoms with Gasteiger partial charge in [0.25, 0.3) is 0 Å². The van der Waals surface area contributed by atoms with E-state index >= 15 is 0 Å². The molecular weight excluding hydrogens is 409 g/mol. The summed E-state index contributed by atoms with van der Waals surface area (Å²) >= 11 is 12.1. The van der Waals surface area contributed by atoms with Crippen molar-refractivity contribution in [2.45, 2.75) is 44.1 Å². The van der Waals surface area contributed by atoms with Gasteiger partial charge in [0.1, 0.15) is 0 Å². The first-order valence-electron chi connectivity index (χ1n) is 9.23. The highest BCUT2D eigenvalue weighted by atomic mass is 35.5. The fourth-order valence-electron chi connectivity index (χ4n) is 3.75. The number of rotatable bonds is 6. The zero-order valence-electron chi connectivity index (χ0n) is 15.1. The summed E-state index contributed by atoms with van der Waals surface area (Å²) in [6.07, 6.45) is 4.20. The summed E-state index contributed by atoms with van der Waals surface area (Å²) < 4.78 is 0. The Hall–Kier alpha value is -1.01. The molecule has 1 heterocycles. The highest BCUT2D eigenvalue weighted by Crippen LogP contribution is 2.49. The molecule has 1 aromatic rings. The number of hydrogen-bond donors (Lipinski definition) is 2. The minimum absolute atomic E-state index is 0. The molecule has 5 nitrogen and oxygen atoms in total. The standard InChI is InChI=1S/C19H25Cl2N3O2.ClH/c20-16-5-4-12(9-17(16)21)14-10-15(14)19(26)24-8-2-1-3-13(24)11-23-18(25)6-7-22;/h4-5,9,13-15H,1-3,6-8,10-11,22H2,(H,23,25);1H. The highest BCUT2D eigenvalue weighted by molar-refractivity contribution is 6.42. The third-order valence-corrected chi connectivity index (χ3v) is 6.03. The van der Waals surface area contributed by atoms with Gasteiger partial charge in [-0.15, -0.1) is 12.4 Å². The first-order chi connectivity index (χ1) is 12.5. The maximum absolute atomic E-state index is 13.0. The molecule has 1 aliphatic carbocycles. The van der Waals surface area contributed by atoms with Crippen molar-refractivity contribution in [3.63, 3.8) is 0 Å². The van der Waals surface area contributed by atoms with Gasteiger partial charge in [-0.3, -0.25) is 9.59 Å². The van der Waals surface area contributed by atoms with E-state index in [4.69, 9.17) is 28.9 Å². The Morgan fingerprint density at radius 3 is 2.70 bits per heavy atom. The predicted octanol–water partition coefficient (Wildman–Crippen LogP) is 3.36. The Labute approximate surface area is 176 Å². The van der Waals surface area contributed by atoms with Gasteiger partial charge < -0.3 is 16.0 Å². The molecule has 2 amide bonds. The molecule has 1 saturated heterocycles. The molecule has 0 spiro atoms.